The Morgan fingerprint density at radius 2 is 2.05 bits per heavy atom. The average Bonchev–Trinajstić information content (AvgIpc) is 2.37. The second-order valence-corrected chi connectivity index (χ2v) is 5.65. The SMILES string of the molecule is Cc1ccccc1[C@@H](C)NCCC(C)(C)/C(N)=N/O. The normalized spacial score (nSPS) is 14.4. The number of nitrogens with one attached hydrogen (secondary N) is 1. The van der Waals surface area contributed by atoms with Gasteiger partial charge in [-0.15, -0.1) is 0 Å². The van der Waals surface area contributed by atoms with Gasteiger partial charge in [0.15, 0.2) is 0 Å². The molecule has 4 heteroatoms. The van der Waals surface area contributed by atoms with Crippen LogP contribution in [-0.2, 0) is 0 Å². The van der Waals surface area contributed by atoms with Gasteiger partial charge < -0.3 is 16.3 Å². The summed E-state index contributed by atoms with van der Waals surface area (Å²) in [5.41, 5.74) is 7.98. The van der Waals surface area contributed by atoms with Gasteiger partial charge in [0.25, 0.3) is 0 Å². The molecular formula is C15H25N3O. The monoisotopic (exact) mass is 263 g/mol. The van der Waals surface area contributed by atoms with Gasteiger partial charge in [-0.25, -0.2) is 0 Å². The lowest BCUT2D eigenvalue weighted by Crippen LogP contribution is -2.35. The third-order valence-electron chi connectivity index (χ3n) is 3.66. The molecule has 0 spiro atoms. The Bertz CT molecular complexity index is 441. The maximum atomic E-state index is 8.74. The number of oxime groups is 1. The minimum absolute atomic E-state index is 0.276. The number of rotatable bonds is 6. The average molecular weight is 263 g/mol. The third-order valence-corrected chi connectivity index (χ3v) is 3.66. The molecule has 0 amide bonds. The summed E-state index contributed by atoms with van der Waals surface area (Å²) >= 11 is 0. The highest BCUT2D eigenvalue weighted by Crippen LogP contribution is 2.21. The lowest BCUT2D eigenvalue weighted by atomic mass is 9.88. The predicted octanol–water partition coefficient (Wildman–Crippen LogP) is 2.81. The van der Waals surface area contributed by atoms with Gasteiger partial charge in [0.05, 0.1) is 0 Å². The van der Waals surface area contributed by atoms with E-state index in [4.69, 9.17) is 10.9 Å². The highest BCUT2D eigenvalue weighted by Gasteiger charge is 2.23. The van der Waals surface area contributed by atoms with E-state index in [1.54, 1.807) is 0 Å². The fourth-order valence-electron chi connectivity index (χ4n) is 2.05. The van der Waals surface area contributed by atoms with Gasteiger partial charge in [-0.1, -0.05) is 43.3 Å². The number of benzene rings is 1. The van der Waals surface area contributed by atoms with Gasteiger partial charge in [-0.3, -0.25) is 0 Å². The van der Waals surface area contributed by atoms with Crippen molar-refractivity contribution in [3.63, 3.8) is 0 Å². The molecule has 0 saturated carbocycles. The quantitative estimate of drug-likeness (QED) is 0.320. The topological polar surface area (TPSA) is 70.6 Å². The molecule has 4 N–H and O–H groups in total. The number of aryl methyl sites for hydroxylation is 1. The molecule has 1 aromatic carbocycles. The lowest BCUT2D eigenvalue weighted by molar-refractivity contribution is 0.304. The summed E-state index contributed by atoms with van der Waals surface area (Å²) < 4.78 is 0. The largest absolute Gasteiger partial charge is 0.409 e. The molecule has 4 nitrogen and oxygen atoms in total. The van der Waals surface area contributed by atoms with Gasteiger partial charge in [0.2, 0.25) is 0 Å². The molecule has 0 aliphatic heterocycles. The van der Waals surface area contributed by atoms with Crippen LogP contribution in [0.25, 0.3) is 0 Å². The van der Waals surface area contributed by atoms with Crippen LogP contribution in [-0.4, -0.2) is 17.6 Å². The van der Waals surface area contributed by atoms with E-state index in [-0.39, 0.29) is 11.3 Å². The molecule has 1 aromatic rings. The molecule has 1 rings (SSSR count). The van der Waals surface area contributed by atoms with Gasteiger partial charge in [0, 0.05) is 11.5 Å². The molecule has 0 fully saturated rings. The molecule has 1 atom stereocenters. The summed E-state index contributed by atoms with van der Waals surface area (Å²) in [6.45, 7) is 9.04. The van der Waals surface area contributed by atoms with Gasteiger partial charge >= 0.3 is 0 Å². The molecule has 0 saturated heterocycles. The highest BCUT2D eigenvalue weighted by atomic mass is 16.4. The van der Waals surface area contributed by atoms with Crippen molar-refractivity contribution in [1.82, 2.24) is 5.32 Å². The van der Waals surface area contributed by atoms with Gasteiger partial charge in [-0.05, 0) is 37.9 Å². The van der Waals surface area contributed by atoms with Crippen molar-refractivity contribution in [3.05, 3.63) is 35.4 Å². The van der Waals surface area contributed by atoms with Crippen LogP contribution < -0.4 is 11.1 Å². The summed E-state index contributed by atoms with van der Waals surface area (Å²) in [6, 6.07) is 8.66. The van der Waals surface area contributed by atoms with Crippen LogP contribution in [0.5, 0.6) is 0 Å². The molecule has 106 valence electrons. The Kier molecular flexibility index (Phi) is 5.36. The maximum Gasteiger partial charge on any atom is 0.144 e. The van der Waals surface area contributed by atoms with E-state index in [0.29, 0.717) is 6.04 Å². The van der Waals surface area contributed by atoms with Gasteiger partial charge in [0.1, 0.15) is 5.84 Å². The van der Waals surface area contributed by atoms with E-state index >= 15 is 0 Å². The second-order valence-electron chi connectivity index (χ2n) is 5.65. The van der Waals surface area contributed by atoms with Crippen molar-refractivity contribution in [2.75, 3.05) is 6.54 Å². The molecular weight excluding hydrogens is 238 g/mol. The van der Waals surface area contributed by atoms with E-state index in [2.05, 4.69) is 42.5 Å². The summed E-state index contributed by atoms with van der Waals surface area (Å²) in [4.78, 5) is 0. The first kappa shape index (κ1) is 15.5. The summed E-state index contributed by atoms with van der Waals surface area (Å²) in [7, 11) is 0. The van der Waals surface area contributed by atoms with E-state index < -0.39 is 0 Å². The predicted molar refractivity (Wildman–Crippen MR) is 79.4 cm³/mol. The molecule has 0 aliphatic carbocycles. The van der Waals surface area contributed by atoms with E-state index in [9.17, 15) is 0 Å². The van der Waals surface area contributed by atoms with Crippen molar-refractivity contribution >= 4 is 5.84 Å². The number of hydrogen-bond donors (Lipinski definition) is 3. The Morgan fingerprint density at radius 3 is 2.63 bits per heavy atom. The zero-order valence-corrected chi connectivity index (χ0v) is 12.3. The smallest absolute Gasteiger partial charge is 0.144 e. The molecule has 0 unspecified atom stereocenters. The number of nitrogens with zero attached hydrogens (tertiary/aromatic N) is 1. The number of hydrogen-bond acceptors (Lipinski definition) is 3. The van der Waals surface area contributed by atoms with Crippen molar-refractivity contribution in [3.8, 4) is 0 Å². The zero-order valence-electron chi connectivity index (χ0n) is 12.3. The number of nitrogens with two attached hydrogens (primary N) is 1. The first-order valence-electron chi connectivity index (χ1n) is 6.65. The van der Waals surface area contributed by atoms with Crippen LogP contribution in [0, 0.1) is 12.3 Å². The second kappa shape index (κ2) is 6.57. The summed E-state index contributed by atoms with van der Waals surface area (Å²) in [6.07, 6.45) is 0.819. The van der Waals surface area contributed by atoms with E-state index in [1.807, 2.05) is 19.9 Å². The minimum atomic E-state index is -0.298. The molecule has 0 heterocycles. The standard InChI is InChI=1S/C15H25N3O/c1-11-7-5-6-8-13(11)12(2)17-10-9-15(3,4)14(16)18-19/h5-8,12,17,19H,9-10H2,1-4H3,(H2,16,18)/t12-/m1/s1. The van der Waals surface area contributed by atoms with Gasteiger partial charge in [-0.2, -0.15) is 0 Å². The lowest BCUT2D eigenvalue weighted by Gasteiger charge is -2.24. The Morgan fingerprint density at radius 1 is 1.42 bits per heavy atom. The number of amidine groups is 1. The summed E-state index contributed by atoms with van der Waals surface area (Å²) in [5, 5.41) is 15.3. The third kappa shape index (κ3) is 4.24. The molecule has 0 aliphatic rings. The highest BCUT2D eigenvalue weighted by molar-refractivity contribution is 5.85. The minimum Gasteiger partial charge on any atom is -0.409 e. The van der Waals surface area contributed by atoms with Crippen molar-refractivity contribution in [1.29, 1.82) is 0 Å². The van der Waals surface area contributed by atoms with Crippen LogP contribution >= 0.6 is 0 Å². The molecule has 0 aromatic heterocycles. The van der Waals surface area contributed by atoms with Crippen LogP contribution in [0.2, 0.25) is 0 Å². The molecule has 19 heavy (non-hydrogen) atoms. The Balaban J connectivity index is 2.52. The maximum absolute atomic E-state index is 8.74. The van der Waals surface area contributed by atoms with E-state index in [1.165, 1.54) is 11.1 Å². The van der Waals surface area contributed by atoms with E-state index in [0.717, 1.165) is 13.0 Å². The summed E-state index contributed by atoms with van der Waals surface area (Å²) in [5.74, 6) is 0.276. The van der Waals surface area contributed by atoms with Crippen molar-refractivity contribution in [2.24, 2.45) is 16.3 Å². The Hall–Kier alpha value is -1.55. The fraction of sp³-hybridized carbons (Fsp3) is 0.533. The van der Waals surface area contributed by atoms with Crippen molar-refractivity contribution in [2.45, 2.75) is 40.2 Å². The first-order valence-corrected chi connectivity index (χ1v) is 6.65. The first-order chi connectivity index (χ1) is 8.88. The Labute approximate surface area is 115 Å². The van der Waals surface area contributed by atoms with Crippen LogP contribution in [0.4, 0.5) is 0 Å². The fourth-order valence-corrected chi connectivity index (χ4v) is 2.05. The molecule has 0 radical (unpaired) electrons. The van der Waals surface area contributed by atoms with Crippen molar-refractivity contribution < 1.29 is 5.21 Å². The van der Waals surface area contributed by atoms with Crippen LogP contribution in [0.15, 0.2) is 29.4 Å². The zero-order chi connectivity index (χ0) is 14.5. The van der Waals surface area contributed by atoms with Crippen LogP contribution in [0.3, 0.4) is 0 Å². The molecule has 0 bridgehead atoms. The van der Waals surface area contributed by atoms with Crippen LogP contribution in [0.1, 0.15) is 44.4 Å².